The molecule has 146 valence electrons. The number of carbonyl (C=O) groups is 1. The molecule has 27 heavy (non-hydrogen) atoms. The minimum absolute atomic E-state index is 0.0278. The average Bonchev–Trinajstić information content (AvgIpc) is 2.64. The molecule has 7 nitrogen and oxygen atoms in total. The van der Waals surface area contributed by atoms with Crippen LogP contribution in [0.25, 0.3) is 10.9 Å². The number of benzene rings is 1. The van der Waals surface area contributed by atoms with Crippen LogP contribution in [-0.4, -0.2) is 59.7 Å². The number of hydrogen-bond donors (Lipinski definition) is 2. The molecule has 2 N–H and O–H groups in total. The van der Waals surface area contributed by atoms with Gasteiger partial charge in [-0.3, -0.25) is 14.5 Å². The lowest BCUT2D eigenvalue weighted by Crippen LogP contribution is -2.48. The third kappa shape index (κ3) is 5.61. The Balaban J connectivity index is 1.47. The van der Waals surface area contributed by atoms with Crippen molar-refractivity contribution in [3.05, 3.63) is 40.4 Å². The van der Waals surface area contributed by atoms with E-state index in [2.05, 4.69) is 34.0 Å². The maximum Gasteiger partial charge on any atom is 0.258 e. The molecule has 2 aromatic rings. The average molecular weight is 372 g/mol. The molecule has 1 aromatic carbocycles. The molecule has 1 amide bonds. The van der Waals surface area contributed by atoms with Crippen molar-refractivity contribution < 1.29 is 9.53 Å². The lowest BCUT2D eigenvalue weighted by Gasteiger charge is -2.33. The lowest BCUT2D eigenvalue weighted by molar-refractivity contribution is -0.122. The van der Waals surface area contributed by atoms with Crippen LogP contribution in [-0.2, 0) is 16.0 Å². The fraction of sp³-hybridized carbons (Fsp3) is 0.550. The summed E-state index contributed by atoms with van der Waals surface area (Å²) in [6.07, 6.45) is 0.709. The van der Waals surface area contributed by atoms with E-state index in [1.54, 1.807) is 12.1 Å². The Morgan fingerprint density at radius 3 is 3.04 bits per heavy atom. The SMILES string of the molecule is CC(C)CN1CCO[C@@H](CNC(=O)CCc2nc3ccccc3c(=O)[nH]2)C1. The molecule has 0 aliphatic carbocycles. The molecule has 0 bridgehead atoms. The van der Waals surface area contributed by atoms with Crippen molar-refractivity contribution in [2.45, 2.75) is 32.8 Å². The van der Waals surface area contributed by atoms with Gasteiger partial charge in [-0.2, -0.15) is 0 Å². The molecule has 7 heteroatoms. The van der Waals surface area contributed by atoms with Gasteiger partial charge in [0.25, 0.3) is 5.56 Å². The number of nitrogens with one attached hydrogen (secondary N) is 2. The molecule has 1 fully saturated rings. The second kappa shape index (κ2) is 9.10. The third-order valence-electron chi connectivity index (χ3n) is 4.62. The maximum absolute atomic E-state index is 12.2. The zero-order valence-electron chi connectivity index (χ0n) is 16.0. The van der Waals surface area contributed by atoms with Gasteiger partial charge in [-0.05, 0) is 18.1 Å². The summed E-state index contributed by atoms with van der Waals surface area (Å²) in [5, 5.41) is 3.50. The summed E-state index contributed by atoms with van der Waals surface area (Å²) in [7, 11) is 0. The zero-order valence-corrected chi connectivity index (χ0v) is 16.0. The molecule has 0 spiro atoms. The molecule has 1 aliphatic heterocycles. The Bertz CT molecular complexity index is 833. The molecule has 2 heterocycles. The van der Waals surface area contributed by atoms with E-state index in [1.165, 1.54) is 0 Å². The summed E-state index contributed by atoms with van der Waals surface area (Å²) in [4.78, 5) is 33.8. The van der Waals surface area contributed by atoms with Gasteiger partial charge in [0.1, 0.15) is 5.82 Å². The second-order valence-electron chi connectivity index (χ2n) is 7.48. The Labute approximate surface area is 159 Å². The summed E-state index contributed by atoms with van der Waals surface area (Å²) < 4.78 is 5.75. The minimum Gasteiger partial charge on any atom is -0.374 e. The minimum atomic E-state index is -0.170. The highest BCUT2D eigenvalue weighted by atomic mass is 16.5. The molecule has 0 saturated carbocycles. The number of hydrogen-bond acceptors (Lipinski definition) is 5. The van der Waals surface area contributed by atoms with Crippen LogP contribution in [0.3, 0.4) is 0 Å². The molecule has 1 saturated heterocycles. The first kappa shape index (κ1) is 19.5. The van der Waals surface area contributed by atoms with E-state index >= 15 is 0 Å². The Hall–Kier alpha value is -2.25. The van der Waals surface area contributed by atoms with E-state index in [4.69, 9.17) is 4.74 Å². The predicted molar refractivity (Wildman–Crippen MR) is 105 cm³/mol. The van der Waals surface area contributed by atoms with Crippen LogP contribution in [0, 0.1) is 5.92 Å². The van der Waals surface area contributed by atoms with Gasteiger partial charge in [-0.1, -0.05) is 26.0 Å². The molecule has 0 unspecified atom stereocenters. The van der Waals surface area contributed by atoms with Gasteiger partial charge in [-0.25, -0.2) is 4.98 Å². The van der Waals surface area contributed by atoms with E-state index in [1.807, 2.05) is 12.1 Å². The van der Waals surface area contributed by atoms with E-state index in [-0.39, 0.29) is 24.0 Å². The van der Waals surface area contributed by atoms with Gasteiger partial charge in [-0.15, -0.1) is 0 Å². The highest BCUT2D eigenvalue weighted by molar-refractivity contribution is 5.78. The monoisotopic (exact) mass is 372 g/mol. The van der Waals surface area contributed by atoms with Crippen molar-refractivity contribution in [3.63, 3.8) is 0 Å². The number of rotatable bonds is 7. The van der Waals surface area contributed by atoms with Crippen LogP contribution in [0.4, 0.5) is 0 Å². The number of carbonyl (C=O) groups excluding carboxylic acids is 1. The summed E-state index contributed by atoms with van der Waals surface area (Å²) in [5.41, 5.74) is 0.481. The fourth-order valence-corrected chi connectivity index (χ4v) is 3.39. The second-order valence-corrected chi connectivity index (χ2v) is 7.48. The zero-order chi connectivity index (χ0) is 19.2. The number of morpholine rings is 1. The van der Waals surface area contributed by atoms with Crippen LogP contribution in [0.2, 0.25) is 0 Å². The third-order valence-corrected chi connectivity index (χ3v) is 4.62. The number of para-hydroxylation sites is 1. The highest BCUT2D eigenvalue weighted by Gasteiger charge is 2.21. The molecule has 3 rings (SSSR count). The standard InChI is InChI=1S/C20H28N4O3/c1-14(2)12-24-9-10-27-15(13-24)11-21-19(25)8-7-18-22-17-6-4-3-5-16(17)20(26)23-18/h3-6,14-15H,7-13H2,1-2H3,(H,21,25)(H,22,23,26)/t15-/m0/s1. The first-order valence-electron chi connectivity index (χ1n) is 9.60. The fourth-order valence-electron chi connectivity index (χ4n) is 3.39. The van der Waals surface area contributed by atoms with E-state index < -0.39 is 0 Å². The topological polar surface area (TPSA) is 87.3 Å². The Morgan fingerprint density at radius 1 is 1.41 bits per heavy atom. The van der Waals surface area contributed by atoms with Crippen molar-refractivity contribution in [2.75, 3.05) is 32.8 Å². The van der Waals surface area contributed by atoms with Gasteiger partial charge in [0.15, 0.2) is 0 Å². The quantitative estimate of drug-likeness (QED) is 0.766. The van der Waals surface area contributed by atoms with Gasteiger partial charge in [0, 0.05) is 39.0 Å². The van der Waals surface area contributed by atoms with Crippen LogP contribution >= 0.6 is 0 Å². The smallest absolute Gasteiger partial charge is 0.258 e. The van der Waals surface area contributed by atoms with Crippen molar-refractivity contribution in [2.24, 2.45) is 5.92 Å². The lowest BCUT2D eigenvalue weighted by atomic mass is 10.1. The predicted octanol–water partition coefficient (Wildman–Crippen LogP) is 1.33. The van der Waals surface area contributed by atoms with Crippen molar-refractivity contribution in [1.29, 1.82) is 0 Å². The van der Waals surface area contributed by atoms with Crippen LogP contribution in [0.1, 0.15) is 26.1 Å². The number of ether oxygens (including phenoxy) is 1. The van der Waals surface area contributed by atoms with E-state index in [0.29, 0.717) is 42.2 Å². The number of amides is 1. The van der Waals surface area contributed by atoms with Crippen molar-refractivity contribution >= 4 is 16.8 Å². The van der Waals surface area contributed by atoms with Crippen molar-refractivity contribution in [3.8, 4) is 0 Å². The van der Waals surface area contributed by atoms with Crippen molar-refractivity contribution in [1.82, 2.24) is 20.2 Å². The first-order chi connectivity index (χ1) is 13.0. The summed E-state index contributed by atoms with van der Waals surface area (Å²) in [6, 6.07) is 7.20. The molecular weight excluding hydrogens is 344 g/mol. The largest absolute Gasteiger partial charge is 0.374 e. The first-order valence-corrected chi connectivity index (χ1v) is 9.60. The number of H-pyrrole nitrogens is 1. The number of fused-ring (bicyclic) bond motifs is 1. The maximum atomic E-state index is 12.2. The summed E-state index contributed by atoms with van der Waals surface area (Å²) in [6.45, 7) is 8.47. The molecule has 0 radical (unpaired) electrons. The van der Waals surface area contributed by atoms with Gasteiger partial charge < -0.3 is 15.0 Å². The van der Waals surface area contributed by atoms with Crippen LogP contribution in [0.5, 0.6) is 0 Å². The Morgan fingerprint density at radius 2 is 2.22 bits per heavy atom. The number of nitrogens with zero attached hydrogens (tertiary/aromatic N) is 2. The van der Waals surface area contributed by atoms with Gasteiger partial charge in [0.2, 0.25) is 5.91 Å². The van der Waals surface area contributed by atoms with Gasteiger partial charge >= 0.3 is 0 Å². The molecule has 1 atom stereocenters. The molecular formula is C20H28N4O3. The summed E-state index contributed by atoms with van der Waals surface area (Å²) in [5.74, 6) is 1.09. The number of aromatic nitrogens is 2. The number of aromatic amines is 1. The summed E-state index contributed by atoms with van der Waals surface area (Å²) >= 11 is 0. The van der Waals surface area contributed by atoms with Crippen LogP contribution < -0.4 is 10.9 Å². The van der Waals surface area contributed by atoms with Gasteiger partial charge in [0.05, 0.1) is 23.6 Å². The molecule has 1 aliphatic rings. The number of aryl methyl sites for hydroxylation is 1. The Kier molecular flexibility index (Phi) is 6.58. The van der Waals surface area contributed by atoms with Crippen LogP contribution in [0.15, 0.2) is 29.1 Å². The van der Waals surface area contributed by atoms with E-state index in [0.717, 1.165) is 19.6 Å². The highest BCUT2D eigenvalue weighted by Crippen LogP contribution is 2.08. The molecule has 1 aromatic heterocycles. The normalized spacial score (nSPS) is 18.1. The van der Waals surface area contributed by atoms with E-state index in [9.17, 15) is 9.59 Å².